The normalized spacial score (nSPS) is 10.6. The molecule has 0 radical (unpaired) electrons. The summed E-state index contributed by atoms with van der Waals surface area (Å²) in [4.78, 5) is 12.5. The van der Waals surface area contributed by atoms with E-state index in [9.17, 15) is 0 Å². The second-order valence-corrected chi connectivity index (χ2v) is 3.55. The molecule has 0 amide bonds. The van der Waals surface area contributed by atoms with Crippen molar-refractivity contribution >= 4 is 17.0 Å². The maximum absolute atomic E-state index is 5.27. The maximum Gasteiger partial charge on any atom is 0.222 e. The van der Waals surface area contributed by atoms with E-state index in [0.29, 0.717) is 5.95 Å². The van der Waals surface area contributed by atoms with Crippen LogP contribution in [0.3, 0.4) is 0 Å². The highest BCUT2D eigenvalue weighted by molar-refractivity contribution is 5.78. The summed E-state index contributed by atoms with van der Waals surface area (Å²) in [6.45, 7) is 0. The number of aromatic nitrogens is 3. The number of nitrogens with one attached hydrogen (secondary N) is 1. The summed E-state index contributed by atoms with van der Waals surface area (Å²) in [6, 6.07) is 7.66. The van der Waals surface area contributed by atoms with Gasteiger partial charge >= 0.3 is 0 Å². The van der Waals surface area contributed by atoms with Gasteiger partial charge in [-0.25, -0.2) is 15.0 Å². The molecule has 3 rings (SSSR count). The van der Waals surface area contributed by atoms with Crippen molar-refractivity contribution in [3.05, 3.63) is 36.9 Å². The number of nitrogens with zero attached hydrogens (tertiary/aromatic N) is 3. The van der Waals surface area contributed by atoms with E-state index in [1.54, 1.807) is 13.2 Å². The van der Waals surface area contributed by atoms with E-state index < -0.39 is 0 Å². The number of anilines is 1. The number of benzene rings is 1. The molecule has 1 N–H and O–H groups in total. The summed E-state index contributed by atoms with van der Waals surface area (Å²) < 4.78 is 5.27. The molecule has 0 aliphatic rings. The molecule has 0 fully saturated rings. The first-order valence-corrected chi connectivity index (χ1v) is 5.21. The number of rotatable bonds is 2. The Balaban J connectivity index is 2.12. The van der Waals surface area contributed by atoms with Gasteiger partial charge in [0.05, 0.1) is 5.69 Å². The van der Waals surface area contributed by atoms with Gasteiger partial charge in [0, 0.05) is 18.8 Å². The Kier molecular flexibility index (Phi) is 2.22. The molecule has 17 heavy (non-hydrogen) atoms. The lowest BCUT2D eigenvalue weighted by atomic mass is 10.1. The Morgan fingerprint density at radius 3 is 3.00 bits per heavy atom. The molecule has 0 atom stereocenters. The molecule has 0 saturated heterocycles. The average Bonchev–Trinajstić information content (AvgIpc) is 2.86. The molecule has 5 nitrogen and oxygen atoms in total. The molecule has 0 aliphatic heterocycles. The monoisotopic (exact) mass is 226 g/mol. The van der Waals surface area contributed by atoms with Crippen LogP contribution in [0.2, 0.25) is 0 Å². The van der Waals surface area contributed by atoms with Gasteiger partial charge in [0.2, 0.25) is 5.95 Å². The summed E-state index contributed by atoms with van der Waals surface area (Å²) in [5, 5.41) is 2.91. The van der Waals surface area contributed by atoms with Crippen LogP contribution in [-0.2, 0) is 0 Å². The maximum atomic E-state index is 5.27. The van der Waals surface area contributed by atoms with Crippen LogP contribution in [0.1, 0.15) is 0 Å². The van der Waals surface area contributed by atoms with Crippen LogP contribution in [0.4, 0.5) is 5.95 Å². The number of hydrogen-bond acceptors (Lipinski definition) is 5. The Morgan fingerprint density at radius 1 is 1.18 bits per heavy atom. The highest BCUT2D eigenvalue weighted by Crippen LogP contribution is 2.22. The summed E-state index contributed by atoms with van der Waals surface area (Å²) in [6.07, 6.45) is 3.16. The molecule has 0 aliphatic carbocycles. The lowest BCUT2D eigenvalue weighted by molar-refractivity contribution is 0.602. The summed E-state index contributed by atoms with van der Waals surface area (Å²) in [7, 11) is 1.79. The molecule has 0 spiro atoms. The van der Waals surface area contributed by atoms with Crippen molar-refractivity contribution in [2.45, 2.75) is 0 Å². The van der Waals surface area contributed by atoms with Crippen LogP contribution in [0.15, 0.2) is 41.3 Å². The number of hydrogen-bond donors (Lipinski definition) is 1. The standard InChI is InChI=1S/C12H10N4O/c1-13-12-14-5-4-9(16-12)8-2-3-10-11(6-8)17-7-15-10/h2-7H,1H3,(H,13,14,16). The van der Waals surface area contributed by atoms with E-state index in [2.05, 4.69) is 20.3 Å². The van der Waals surface area contributed by atoms with Crippen LogP contribution in [0, 0.1) is 0 Å². The minimum Gasteiger partial charge on any atom is -0.443 e. The van der Waals surface area contributed by atoms with Crippen molar-refractivity contribution in [2.24, 2.45) is 0 Å². The third-order valence-electron chi connectivity index (χ3n) is 2.51. The van der Waals surface area contributed by atoms with Gasteiger partial charge in [-0.2, -0.15) is 0 Å². The molecule has 1 aromatic carbocycles. The van der Waals surface area contributed by atoms with E-state index in [1.807, 2.05) is 24.3 Å². The first-order valence-electron chi connectivity index (χ1n) is 5.21. The van der Waals surface area contributed by atoms with Gasteiger partial charge in [0.1, 0.15) is 5.52 Å². The quantitative estimate of drug-likeness (QED) is 0.726. The zero-order chi connectivity index (χ0) is 11.7. The van der Waals surface area contributed by atoms with Crippen molar-refractivity contribution in [3.8, 4) is 11.3 Å². The third-order valence-corrected chi connectivity index (χ3v) is 2.51. The van der Waals surface area contributed by atoms with E-state index in [1.165, 1.54) is 6.39 Å². The van der Waals surface area contributed by atoms with Crippen molar-refractivity contribution in [2.75, 3.05) is 12.4 Å². The Morgan fingerprint density at radius 2 is 2.12 bits per heavy atom. The molecule has 84 valence electrons. The van der Waals surface area contributed by atoms with Crippen LogP contribution in [0.25, 0.3) is 22.4 Å². The Bertz CT molecular complexity index is 662. The van der Waals surface area contributed by atoms with Gasteiger partial charge in [0.25, 0.3) is 0 Å². The Labute approximate surface area is 97.5 Å². The highest BCUT2D eigenvalue weighted by atomic mass is 16.3. The van der Waals surface area contributed by atoms with Gasteiger partial charge in [-0.15, -0.1) is 0 Å². The minimum absolute atomic E-state index is 0.597. The molecule has 2 aromatic heterocycles. The van der Waals surface area contributed by atoms with Gasteiger partial charge in [-0.1, -0.05) is 6.07 Å². The smallest absolute Gasteiger partial charge is 0.222 e. The Hall–Kier alpha value is -2.43. The molecule has 3 aromatic rings. The predicted octanol–water partition coefficient (Wildman–Crippen LogP) is 2.33. The summed E-state index contributed by atoms with van der Waals surface area (Å²) in [5.74, 6) is 0.597. The van der Waals surface area contributed by atoms with Crippen LogP contribution >= 0.6 is 0 Å². The van der Waals surface area contributed by atoms with Gasteiger partial charge in [0.15, 0.2) is 12.0 Å². The zero-order valence-corrected chi connectivity index (χ0v) is 9.21. The molecular formula is C12H10N4O. The second kappa shape index (κ2) is 3.86. The van der Waals surface area contributed by atoms with Crippen LogP contribution < -0.4 is 5.32 Å². The van der Waals surface area contributed by atoms with Crippen molar-refractivity contribution in [1.82, 2.24) is 15.0 Å². The molecular weight excluding hydrogens is 216 g/mol. The lowest BCUT2D eigenvalue weighted by Crippen LogP contribution is -1.96. The van der Waals surface area contributed by atoms with Crippen molar-refractivity contribution < 1.29 is 4.42 Å². The first kappa shape index (κ1) is 9.77. The van der Waals surface area contributed by atoms with E-state index >= 15 is 0 Å². The topological polar surface area (TPSA) is 63.8 Å². The molecule has 5 heteroatoms. The van der Waals surface area contributed by atoms with E-state index in [-0.39, 0.29) is 0 Å². The lowest BCUT2D eigenvalue weighted by Gasteiger charge is -2.02. The second-order valence-electron chi connectivity index (χ2n) is 3.55. The fourth-order valence-electron chi connectivity index (χ4n) is 1.65. The van der Waals surface area contributed by atoms with E-state index in [4.69, 9.17) is 4.42 Å². The summed E-state index contributed by atoms with van der Waals surface area (Å²) >= 11 is 0. The minimum atomic E-state index is 0.597. The zero-order valence-electron chi connectivity index (χ0n) is 9.21. The number of oxazole rings is 1. The molecule has 0 saturated carbocycles. The highest BCUT2D eigenvalue weighted by Gasteiger charge is 2.04. The molecule has 0 bridgehead atoms. The van der Waals surface area contributed by atoms with Crippen molar-refractivity contribution in [1.29, 1.82) is 0 Å². The average molecular weight is 226 g/mol. The van der Waals surface area contributed by atoms with Gasteiger partial charge in [-0.05, 0) is 18.2 Å². The molecule has 2 heterocycles. The van der Waals surface area contributed by atoms with E-state index in [0.717, 1.165) is 22.4 Å². The summed E-state index contributed by atoms with van der Waals surface area (Å²) in [5.41, 5.74) is 3.43. The SMILES string of the molecule is CNc1nccc(-c2ccc3ncoc3c2)n1. The van der Waals surface area contributed by atoms with Gasteiger partial charge < -0.3 is 9.73 Å². The van der Waals surface area contributed by atoms with Crippen LogP contribution in [-0.4, -0.2) is 22.0 Å². The fourth-order valence-corrected chi connectivity index (χ4v) is 1.65. The van der Waals surface area contributed by atoms with Crippen LogP contribution in [0.5, 0.6) is 0 Å². The predicted molar refractivity (Wildman–Crippen MR) is 64.6 cm³/mol. The van der Waals surface area contributed by atoms with Crippen molar-refractivity contribution in [3.63, 3.8) is 0 Å². The van der Waals surface area contributed by atoms with Gasteiger partial charge in [-0.3, -0.25) is 0 Å². The fraction of sp³-hybridized carbons (Fsp3) is 0.0833. The first-order chi connectivity index (χ1) is 8.36. The molecule has 0 unspecified atom stereocenters. The largest absolute Gasteiger partial charge is 0.443 e. The number of fused-ring (bicyclic) bond motifs is 1. The third kappa shape index (κ3) is 1.71.